The van der Waals surface area contributed by atoms with Crippen LogP contribution in [0.15, 0.2) is 42.5 Å². The van der Waals surface area contributed by atoms with E-state index < -0.39 is 6.04 Å². The number of aromatic nitrogens is 1. The van der Waals surface area contributed by atoms with E-state index >= 15 is 0 Å². The fraction of sp³-hybridized carbons (Fsp3) is 0.188. The molecule has 1 aromatic carbocycles. The monoisotopic (exact) mass is 281 g/mol. The average molecular weight is 281 g/mol. The molecule has 0 bridgehead atoms. The van der Waals surface area contributed by atoms with Crippen molar-refractivity contribution >= 4 is 5.91 Å². The molecule has 2 N–H and O–H groups in total. The van der Waals surface area contributed by atoms with E-state index in [4.69, 9.17) is 5.26 Å². The molecule has 2 aromatic rings. The van der Waals surface area contributed by atoms with Crippen molar-refractivity contribution in [2.45, 2.75) is 13.0 Å². The Morgan fingerprint density at radius 3 is 2.62 bits per heavy atom. The summed E-state index contributed by atoms with van der Waals surface area (Å²) in [5.41, 5.74) is 1.98. The van der Waals surface area contributed by atoms with Crippen molar-refractivity contribution in [2.24, 2.45) is 0 Å². The first-order valence-corrected chi connectivity index (χ1v) is 6.50. The normalized spacial score (nSPS) is 11.5. The van der Waals surface area contributed by atoms with E-state index in [1.165, 1.54) is 6.07 Å². The number of hydrogen-bond acceptors (Lipinski definition) is 4. The van der Waals surface area contributed by atoms with Crippen LogP contribution in [0.2, 0.25) is 0 Å². The highest BCUT2D eigenvalue weighted by Gasteiger charge is 2.16. The van der Waals surface area contributed by atoms with E-state index in [0.717, 1.165) is 5.56 Å². The van der Waals surface area contributed by atoms with E-state index in [-0.39, 0.29) is 18.2 Å². The third kappa shape index (κ3) is 3.44. The molecule has 5 nitrogen and oxygen atoms in total. The first-order valence-electron chi connectivity index (χ1n) is 6.50. The Morgan fingerprint density at radius 1 is 1.33 bits per heavy atom. The van der Waals surface area contributed by atoms with Gasteiger partial charge < -0.3 is 10.4 Å². The highest BCUT2D eigenvalue weighted by Crippen LogP contribution is 2.13. The summed E-state index contributed by atoms with van der Waals surface area (Å²) in [7, 11) is 0. The van der Waals surface area contributed by atoms with Crippen LogP contribution in [-0.2, 0) is 0 Å². The van der Waals surface area contributed by atoms with Crippen LogP contribution in [0.3, 0.4) is 0 Å². The number of aliphatic hydroxyl groups excluding tert-OH is 1. The molecule has 1 aromatic heterocycles. The van der Waals surface area contributed by atoms with Crippen molar-refractivity contribution in [1.82, 2.24) is 10.3 Å². The third-order valence-electron chi connectivity index (χ3n) is 3.13. The van der Waals surface area contributed by atoms with Gasteiger partial charge in [0.2, 0.25) is 0 Å². The minimum absolute atomic E-state index is 0.203. The smallest absolute Gasteiger partial charge is 0.270 e. The van der Waals surface area contributed by atoms with Crippen LogP contribution in [0.25, 0.3) is 0 Å². The second kappa shape index (κ2) is 6.64. The molecule has 0 saturated heterocycles. The standard InChI is InChI=1S/C16H15N3O2/c1-11-13(9-17)7-8-14(18-11)16(21)19-15(10-20)12-5-3-2-4-6-12/h2-8,15,20H,10H2,1H3,(H,19,21)/t15-/m1/s1. The summed E-state index contributed by atoms with van der Waals surface area (Å²) in [6.45, 7) is 1.47. The van der Waals surface area contributed by atoms with Gasteiger partial charge in [-0.25, -0.2) is 4.98 Å². The van der Waals surface area contributed by atoms with Gasteiger partial charge in [0.05, 0.1) is 23.9 Å². The molecule has 2 rings (SSSR count). The Balaban J connectivity index is 2.17. The van der Waals surface area contributed by atoms with E-state index in [1.54, 1.807) is 13.0 Å². The second-order valence-corrected chi connectivity index (χ2v) is 4.56. The van der Waals surface area contributed by atoms with Gasteiger partial charge >= 0.3 is 0 Å². The summed E-state index contributed by atoms with van der Waals surface area (Å²) in [6, 6.07) is 13.8. The lowest BCUT2D eigenvalue weighted by molar-refractivity contribution is 0.0911. The first-order chi connectivity index (χ1) is 10.2. The summed E-state index contributed by atoms with van der Waals surface area (Å²) in [5.74, 6) is -0.384. The maximum atomic E-state index is 12.2. The summed E-state index contributed by atoms with van der Waals surface area (Å²) < 4.78 is 0. The highest BCUT2D eigenvalue weighted by molar-refractivity contribution is 5.92. The number of nitriles is 1. The van der Waals surface area contributed by atoms with E-state index in [9.17, 15) is 9.90 Å². The number of rotatable bonds is 4. The average Bonchev–Trinajstić information content (AvgIpc) is 2.53. The summed E-state index contributed by atoms with van der Waals surface area (Å²) >= 11 is 0. The summed E-state index contributed by atoms with van der Waals surface area (Å²) in [6.07, 6.45) is 0. The minimum atomic E-state index is -0.489. The van der Waals surface area contributed by atoms with Gasteiger partial charge in [0.25, 0.3) is 5.91 Å². The largest absolute Gasteiger partial charge is 0.394 e. The summed E-state index contributed by atoms with van der Waals surface area (Å²) in [4.78, 5) is 16.3. The van der Waals surface area contributed by atoms with E-state index in [0.29, 0.717) is 11.3 Å². The lowest BCUT2D eigenvalue weighted by Crippen LogP contribution is -2.31. The van der Waals surface area contributed by atoms with Gasteiger partial charge in [-0.15, -0.1) is 0 Å². The molecule has 106 valence electrons. The molecule has 0 unspecified atom stereocenters. The lowest BCUT2D eigenvalue weighted by atomic mass is 10.1. The van der Waals surface area contributed by atoms with Crippen LogP contribution < -0.4 is 5.32 Å². The number of benzene rings is 1. The van der Waals surface area contributed by atoms with Gasteiger partial charge in [-0.3, -0.25) is 4.79 Å². The first kappa shape index (κ1) is 14.7. The number of aryl methyl sites for hydroxylation is 1. The molecule has 0 spiro atoms. The molecule has 5 heteroatoms. The molecule has 1 atom stereocenters. The van der Waals surface area contributed by atoms with Gasteiger partial charge in [-0.2, -0.15) is 5.26 Å². The van der Waals surface area contributed by atoms with Crippen molar-refractivity contribution in [3.8, 4) is 6.07 Å². The Hall–Kier alpha value is -2.71. The number of amides is 1. The lowest BCUT2D eigenvalue weighted by Gasteiger charge is -2.16. The Morgan fingerprint density at radius 2 is 2.05 bits per heavy atom. The van der Waals surface area contributed by atoms with Crippen LogP contribution in [-0.4, -0.2) is 22.6 Å². The Bertz CT molecular complexity index is 678. The predicted molar refractivity (Wildman–Crippen MR) is 77.4 cm³/mol. The third-order valence-corrected chi connectivity index (χ3v) is 3.13. The predicted octanol–water partition coefficient (Wildman–Crippen LogP) is 1.73. The number of carbonyl (C=O) groups excluding carboxylic acids is 1. The van der Waals surface area contributed by atoms with E-state index in [1.807, 2.05) is 36.4 Å². The topological polar surface area (TPSA) is 86.0 Å². The number of carbonyl (C=O) groups is 1. The van der Waals surface area contributed by atoms with Crippen LogP contribution in [0, 0.1) is 18.3 Å². The molecule has 0 saturated carbocycles. The summed E-state index contributed by atoms with van der Waals surface area (Å²) in [5, 5.41) is 21.0. The van der Waals surface area contributed by atoms with Crippen molar-refractivity contribution in [1.29, 1.82) is 5.26 Å². The zero-order valence-electron chi connectivity index (χ0n) is 11.6. The molecule has 0 radical (unpaired) electrons. The highest BCUT2D eigenvalue weighted by atomic mass is 16.3. The van der Waals surface area contributed by atoms with Gasteiger partial charge in [-0.1, -0.05) is 30.3 Å². The van der Waals surface area contributed by atoms with Crippen molar-refractivity contribution in [2.75, 3.05) is 6.61 Å². The zero-order chi connectivity index (χ0) is 15.2. The van der Waals surface area contributed by atoms with Crippen molar-refractivity contribution in [3.05, 3.63) is 65.0 Å². The maximum Gasteiger partial charge on any atom is 0.270 e. The van der Waals surface area contributed by atoms with Gasteiger partial charge in [0, 0.05) is 0 Å². The fourth-order valence-electron chi connectivity index (χ4n) is 1.96. The molecule has 21 heavy (non-hydrogen) atoms. The number of nitrogens with one attached hydrogen (secondary N) is 1. The van der Waals surface area contributed by atoms with Crippen LogP contribution in [0.1, 0.15) is 33.4 Å². The van der Waals surface area contributed by atoms with Crippen molar-refractivity contribution < 1.29 is 9.90 Å². The number of pyridine rings is 1. The molecule has 1 heterocycles. The number of nitrogens with zero attached hydrogens (tertiary/aromatic N) is 2. The minimum Gasteiger partial charge on any atom is -0.394 e. The van der Waals surface area contributed by atoms with Crippen LogP contribution in [0.4, 0.5) is 0 Å². The number of aliphatic hydroxyl groups is 1. The Labute approximate surface area is 122 Å². The van der Waals surface area contributed by atoms with Crippen LogP contribution >= 0.6 is 0 Å². The van der Waals surface area contributed by atoms with Crippen LogP contribution in [0.5, 0.6) is 0 Å². The molecule has 1 amide bonds. The molecule has 0 fully saturated rings. The molecule has 0 aliphatic carbocycles. The van der Waals surface area contributed by atoms with Gasteiger partial charge in [-0.05, 0) is 24.6 Å². The van der Waals surface area contributed by atoms with E-state index in [2.05, 4.69) is 10.3 Å². The molecular weight excluding hydrogens is 266 g/mol. The quantitative estimate of drug-likeness (QED) is 0.893. The molecule has 0 aliphatic rings. The second-order valence-electron chi connectivity index (χ2n) is 4.56. The fourth-order valence-corrected chi connectivity index (χ4v) is 1.96. The maximum absolute atomic E-state index is 12.2. The molecule has 0 aliphatic heterocycles. The van der Waals surface area contributed by atoms with Gasteiger partial charge in [0.15, 0.2) is 0 Å². The molecular formula is C16H15N3O2. The van der Waals surface area contributed by atoms with Crippen molar-refractivity contribution in [3.63, 3.8) is 0 Å². The zero-order valence-corrected chi connectivity index (χ0v) is 11.6. The SMILES string of the molecule is Cc1nc(C(=O)N[C@H](CO)c2ccccc2)ccc1C#N. The van der Waals surface area contributed by atoms with Gasteiger partial charge in [0.1, 0.15) is 11.8 Å². The Kier molecular flexibility index (Phi) is 4.64. The number of hydrogen-bond donors (Lipinski definition) is 2.